The zero-order valence-corrected chi connectivity index (χ0v) is 5.85. The summed E-state index contributed by atoms with van der Waals surface area (Å²) in [6, 6.07) is 0.266. The normalized spacial score (nSPS) is 32.0. The molecular weight excluding hydrogens is 110 g/mol. The van der Waals surface area contributed by atoms with E-state index in [1.165, 1.54) is 11.1 Å². The van der Waals surface area contributed by atoms with Gasteiger partial charge in [0.15, 0.2) is 0 Å². The highest BCUT2D eigenvalue weighted by Crippen LogP contribution is 2.27. The van der Waals surface area contributed by atoms with Gasteiger partial charge < -0.3 is 5.73 Å². The predicted octanol–water partition coefficient (Wildman–Crippen LogP) is 1.61. The summed E-state index contributed by atoms with van der Waals surface area (Å²) in [5, 5.41) is 0. The molecule has 1 rings (SSSR count). The molecule has 1 aliphatic carbocycles. The Balaban J connectivity index is 2.78. The van der Waals surface area contributed by atoms with E-state index in [-0.39, 0.29) is 6.04 Å². The average molecular weight is 123 g/mol. The third kappa shape index (κ3) is 1.06. The van der Waals surface area contributed by atoms with Crippen molar-refractivity contribution in [3.05, 3.63) is 23.8 Å². The smallest absolute Gasteiger partial charge is 0.0297 e. The second kappa shape index (κ2) is 2.36. The van der Waals surface area contributed by atoms with Gasteiger partial charge >= 0.3 is 0 Å². The Kier molecular flexibility index (Phi) is 1.72. The summed E-state index contributed by atoms with van der Waals surface area (Å²) in [5.74, 6) is 0. The van der Waals surface area contributed by atoms with Crippen molar-refractivity contribution in [3.63, 3.8) is 0 Å². The third-order valence-electron chi connectivity index (χ3n) is 1.88. The Bertz CT molecular complexity index is 156. The highest BCUT2D eigenvalue weighted by Gasteiger charge is 2.18. The molecule has 0 heterocycles. The van der Waals surface area contributed by atoms with Gasteiger partial charge in [-0.05, 0) is 25.3 Å². The fourth-order valence-electron chi connectivity index (χ4n) is 1.31. The number of hydrogen-bond donors (Lipinski definition) is 1. The van der Waals surface area contributed by atoms with Crippen LogP contribution in [-0.4, -0.2) is 6.04 Å². The van der Waals surface area contributed by atoms with Gasteiger partial charge in [-0.25, -0.2) is 0 Å². The molecule has 0 radical (unpaired) electrons. The quantitative estimate of drug-likeness (QED) is 0.520. The van der Waals surface area contributed by atoms with Crippen LogP contribution in [0.25, 0.3) is 0 Å². The lowest BCUT2D eigenvalue weighted by atomic mass is 10.1. The molecule has 1 saturated carbocycles. The molecular formula is C8H13N. The zero-order chi connectivity index (χ0) is 6.85. The highest BCUT2D eigenvalue weighted by molar-refractivity contribution is 5.36. The van der Waals surface area contributed by atoms with E-state index in [1.807, 2.05) is 6.92 Å². The number of nitrogens with two attached hydrogens (primary N) is 1. The van der Waals surface area contributed by atoms with E-state index in [0.717, 1.165) is 12.8 Å². The maximum absolute atomic E-state index is 5.75. The summed E-state index contributed by atoms with van der Waals surface area (Å²) < 4.78 is 0. The standard InChI is InChI=1S/C8H13N/c1-3-7-6(2)4-5-8(7)9/h3,8H,2,4-5,9H2,1H3/b7-3+. The van der Waals surface area contributed by atoms with Gasteiger partial charge in [-0.15, -0.1) is 0 Å². The van der Waals surface area contributed by atoms with E-state index in [1.54, 1.807) is 0 Å². The van der Waals surface area contributed by atoms with Gasteiger partial charge in [-0.2, -0.15) is 0 Å². The van der Waals surface area contributed by atoms with Gasteiger partial charge in [0.2, 0.25) is 0 Å². The van der Waals surface area contributed by atoms with Crippen molar-refractivity contribution in [2.75, 3.05) is 0 Å². The summed E-state index contributed by atoms with van der Waals surface area (Å²) in [5.41, 5.74) is 8.24. The molecule has 0 aromatic rings. The van der Waals surface area contributed by atoms with Gasteiger partial charge in [0, 0.05) is 6.04 Å². The highest BCUT2D eigenvalue weighted by atomic mass is 14.6. The summed E-state index contributed by atoms with van der Waals surface area (Å²) in [7, 11) is 0. The Morgan fingerprint density at radius 2 is 2.44 bits per heavy atom. The van der Waals surface area contributed by atoms with Crippen molar-refractivity contribution < 1.29 is 0 Å². The maximum Gasteiger partial charge on any atom is 0.0297 e. The molecule has 1 aliphatic rings. The molecule has 0 bridgehead atoms. The molecule has 1 nitrogen and oxygen atoms in total. The molecule has 0 spiro atoms. The van der Waals surface area contributed by atoms with Crippen LogP contribution in [-0.2, 0) is 0 Å². The summed E-state index contributed by atoms with van der Waals surface area (Å²) in [4.78, 5) is 0. The van der Waals surface area contributed by atoms with E-state index < -0.39 is 0 Å². The first kappa shape index (κ1) is 6.56. The monoisotopic (exact) mass is 123 g/mol. The van der Waals surface area contributed by atoms with Crippen LogP contribution in [0.2, 0.25) is 0 Å². The van der Waals surface area contributed by atoms with Gasteiger partial charge in [0.25, 0.3) is 0 Å². The van der Waals surface area contributed by atoms with E-state index in [0.29, 0.717) is 0 Å². The predicted molar refractivity (Wildman–Crippen MR) is 40.1 cm³/mol. The lowest BCUT2D eigenvalue weighted by Crippen LogP contribution is -2.16. The Morgan fingerprint density at radius 1 is 1.78 bits per heavy atom. The molecule has 0 amide bonds. The maximum atomic E-state index is 5.75. The molecule has 0 aromatic carbocycles. The Hall–Kier alpha value is -0.560. The summed E-state index contributed by atoms with van der Waals surface area (Å²) >= 11 is 0. The van der Waals surface area contributed by atoms with Gasteiger partial charge in [-0.1, -0.05) is 18.2 Å². The lowest BCUT2D eigenvalue weighted by Gasteiger charge is -2.02. The van der Waals surface area contributed by atoms with Crippen molar-refractivity contribution in [2.45, 2.75) is 25.8 Å². The van der Waals surface area contributed by atoms with E-state index in [4.69, 9.17) is 5.73 Å². The largest absolute Gasteiger partial charge is 0.324 e. The number of allylic oxidation sites excluding steroid dienone is 1. The first-order valence-corrected chi connectivity index (χ1v) is 3.35. The van der Waals surface area contributed by atoms with Crippen LogP contribution >= 0.6 is 0 Å². The topological polar surface area (TPSA) is 26.0 Å². The molecule has 1 atom stereocenters. The van der Waals surface area contributed by atoms with Crippen LogP contribution in [0.5, 0.6) is 0 Å². The Morgan fingerprint density at radius 3 is 2.67 bits per heavy atom. The number of hydrogen-bond acceptors (Lipinski definition) is 1. The third-order valence-corrected chi connectivity index (χ3v) is 1.88. The Labute approximate surface area is 56.2 Å². The van der Waals surface area contributed by atoms with Gasteiger partial charge in [0.05, 0.1) is 0 Å². The van der Waals surface area contributed by atoms with Gasteiger partial charge in [-0.3, -0.25) is 0 Å². The molecule has 50 valence electrons. The first-order chi connectivity index (χ1) is 4.25. The van der Waals surface area contributed by atoms with Crippen LogP contribution in [0, 0.1) is 0 Å². The molecule has 1 unspecified atom stereocenters. The van der Waals surface area contributed by atoms with Crippen LogP contribution in [0.1, 0.15) is 19.8 Å². The molecule has 9 heavy (non-hydrogen) atoms. The van der Waals surface area contributed by atoms with E-state index in [2.05, 4.69) is 12.7 Å². The van der Waals surface area contributed by atoms with Crippen molar-refractivity contribution in [3.8, 4) is 0 Å². The minimum atomic E-state index is 0.266. The van der Waals surface area contributed by atoms with Crippen LogP contribution in [0.15, 0.2) is 23.8 Å². The minimum Gasteiger partial charge on any atom is -0.324 e. The fourth-order valence-corrected chi connectivity index (χ4v) is 1.31. The molecule has 2 N–H and O–H groups in total. The van der Waals surface area contributed by atoms with Crippen molar-refractivity contribution in [1.82, 2.24) is 0 Å². The lowest BCUT2D eigenvalue weighted by molar-refractivity contribution is 0.778. The van der Waals surface area contributed by atoms with E-state index in [9.17, 15) is 0 Å². The summed E-state index contributed by atoms with van der Waals surface area (Å²) in [6.07, 6.45) is 4.24. The van der Waals surface area contributed by atoms with Crippen LogP contribution < -0.4 is 5.73 Å². The molecule has 0 aliphatic heterocycles. The van der Waals surface area contributed by atoms with Crippen LogP contribution in [0.3, 0.4) is 0 Å². The minimum absolute atomic E-state index is 0.266. The summed E-state index contributed by atoms with van der Waals surface area (Å²) in [6.45, 7) is 5.93. The van der Waals surface area contributed by atoms with Crippen molar-refractivity contribution >= 4 is 0 Å². The molecule has 1 fully saturated rings. The molecule has 0 saturated heterocycles. The fraction of sp³-hybridized carbons (Fsp3) is 0.500. The average Bonchev–Trinajstić information content (AvgIpc) is 2.12. The molecule has 1 heteroatoms. The zero-order valence-electron chi connectivity index (χ0n) is 5.85. The van der Waals surface area contributed by atoms with Crippen molar-refractivity contribution in [1.29, 1.82) is 0 Å². The second-order valence-electron chi connectivity index (χ2n) is 2.49. The second-order valence-corrected chi connectivity index (χ2v) is 2.49. The number of rotatable bonds is 0. The van der Waals surface area contributed by atoms with E-state index >= 15 is 0 Å². The van der Waals surface area contributed by atoms with Crippen LogP contribution in [0.4, 0.5) is 0 Å². The first-order valence-electron chi connectivity index (χ1n) is 3.35. The van der Waals surface area contributed by atoms with Gasteiger partial charge in [0.1, 0.15) is 0 Å². The van der Waals surface area contributed by atoms with Crippen molar-refractivity contribution in [2.24, 2.45) is 5.73 Å². The SMILES string of the molecule is C=C1CCC(N)/C1=C/C. The molecule has 0 aromatic heterocycles.